The first-order valence-corrected chi connectivity index (χ1v) is 14.5. The minimum Gasteiger partial charge on any atom is -0.503 e. The van der Waals surface area contributed by atoms with Crippen LogP contribution in [0.25, 0.3) is 5.69 Å². The third-order valence-corrected chi connectivity index (χ3v) is 10.3. The molecule has 0 spiro atoms. The molecule has 1 aromatic heterocycles. The number of fused-ring (bicyclic) bond motifs is 3. The van der Waals surface area contributed by atoms with Gasteiger partial charge in [-0.1, -0.05) is 24.3 Å². The molecule has 39 heavy (non-hydrogen) atoms. The van der Waals surface area contributed by atoms with E-state index in [9.17, 15) is 24.3 Å². The van der Waals surface area contributed by atoms with Gasteiger partial charge >= 0.3 is 11.4 Å². The van der Waals surface area contributed by atoms with Crippen molar-refractivity contribution in [3.63, 3.8) is 0 Å². The van der Waals surface area contributed by atoms with E-state index in [1.807, 2.05) is 28.7 Å². The standard InChI is InChI=1S/C27H18Br2IN3O6/c1-39-19-10-15(22(28)23(29)25(19)36)20-13-7-8-31-26(37)32(12-5-3-2-4-6-12)27(38)33(31)17(13)9-14-18(34)11-16(30)24(35)21(14)20/h2-7,10-11,17,20,36H,8-9H2,1H3/t17-,20-/m1/s1. The Kier molecular flexibility index (Phi) is 6.46. The van der Waals surface area contributed by atoms with E-state index in [0.29, 0.717) is 40.5 Å². The number of Topliss-reactive ketones (excluding diaryl/α,β-unsaturated/α-hetero) is 1. The van der Waals surface area contributed by atoms with Crippen LogP contribution in [0.15, 0.2) is 87.4 Å². The lowest BCUT2D eigenvalue weighted by molar-refractivity contribution is -0.115. The number of phenolic OH excluding ortho intramolecular Hbond substituents is 1. The number of ether oxygens (including phenoxy) is 1. The van der Waals surface area contributed by atoms with Crippen molar-refractivity contribution in [3.05, 3.63) is 104 Å². The van der Waals surface area contributed by atoms with E-state index < -0.39 is 23.3 Å². The Morgan fingerprint density at radius 2 is 1.77 bits per heavy atom. The Hall–Kier alpha value is -2.97. The molecular weight excluding hydrogens is 749 g/mol. The normalized spacial score (nSPS) is 20.2. The summed E-state index contributed by atoms with van der Waals surface area (Å²) >= 11 is 8.82. The molecule has 2 aliphatic carbocycles. The molecule has 12 heteroatoms. The zero-order chi connectivity index (χ0) is 27.7. The highest BCUT2D eigenvalue weighted by Crippen LogP contribution is 2.54. The van der Waals surface area contributed by atoms with E-state index in [2.05, 4.69) is 31.9 Å². The number of halogens is 3. The van der Waals surface area contributed by atoms with Crippen LogP contribution in [-0.2, 0) is 16.1 Å². The molecule has 0 saturated carbocycles. The van der Waals surface area contributed by atoms with Gasteiger partial charge in [0.15, 0.2) is 23.1 Å². The number of benzene rings is 2. The zero-order valence-electron chi connectivity index (χ0n) is 20.2. The molecule has 6 rings (SSSR count). The number of para-hydroxylation sites is 1. The summed E-state index contributed by atoms with van der Waals surface area (Å²) in [5.41, 5.74) is 1.30. The number of phenols is 1. The van der Waals surface area contributed by atoms with Crippen LogP contribution in [0.2, 0.25) is 0 Å². The second-order valence-electron chi connectivity index (χ2n) is 9.24. The van der Waals surface area contributed by atoms with Crippen molar-refractivity contribution in [3.8, 4) is 17.2 Å². The number of methoxy groups -OCH3 is 1. The highest BCUT2D eigenvalue weighted by Gasteiger charge is 2.46. The van der Waals surface area contributed by atoms with Gasteiger partial charge in [-0.2, -0.15) is 0 Å². The van der Waals surface area contributed by atoms with E-state index in [1.54, 1.807) is 36.4 Å². The number of hydrogen-bond donors (Lipinski definition) is 1. The molecule has 0 bridgehead atoms. The molecule has 0 radical (unpaired) electrons. The SMILES string of the molecule is COc1cc([C@H]2C3=CCn4c(=O)n(-c5ccccc5)c(=O)n4[C@@H]3CC3=C2C(=O)C(I)=CC3=O)c(Br)c(Br)c1O. The van der Waals surface area contributed by atoms with Crippen molar-refractivity contribution in [1.29, 1.82) is 0 Å². The van der Waals surface area contributed by atoms with Gasteiger partial charge in [0.25, 0.3) is 0 Å². The van der Waals surface area contributed by atoms with Gasteiger partial charge in [0, 0.05) is 34.0 Å². The van der Waals surface area contributed by atoms with Crippen LogP contribution in [0.3, 0.4) is 0 Å². The molecule has 1 N–H and O–H groups in total. The number of allylic oxidation sites excluding steroid dienone is 6. The van der Waals surface area contributed by atoms with Gasteiger partial charge in [-0.15, -0.1) is 0 Å². The first-order valence-electron chi connectivity index (χ1n) is 11.8. The molecule has 198 valence electrons. The van der Waals surface area contributed by atoms with Crippen molar-refractivity contribution in [1.82, 2.24) is 13.9 Å². The van der Waals surface area contributed by atoms with E-state index in [-0.39, 0.29) is 36.0 Å². The number of aromatic nitrogens is 3. The third kappa shape index (κ3) is 3.82. The molecule has 2 aromatic carbocycles. The topological polar surface area (TPSA) is 113 Å². The molecule has 0 amide bonds. The molecule has 0 saturated heterocycles. The van der Waals surface area contributed by atoms with Crippen LogP contribution in [0.4, 0.5) is 0 Å². The molecule has 2 heterocycles. The summed E-state index contributed by atoms with van der Waals surface area (Å²) in [6, 6.07) is 9.57. The Labute approximate surface area is 251 Å². The Morgan fingerprint density at radius 3 is 2.46 bits per heavy atom. The second-order valence-corrected chi connectivity index (χ2v) is 12.0. The molecule has 1 aliphatic heterocycles. The maximum atomic E-state index is 13.8. The fraction of sp³-hybridized carbons (Fsp3) is 0.185. The first-order chi connectivity index (χ1) is 18.6. The number of hydrogen-bond acceptors (Lipinski definition) is 6. The number of aromatic hydroxyl groups is 1. The predicted molar refractivity (Wildman–Crippen MR) is 158 cm³/mol. The van der Waals surface area contributed by atoms with E-state index in [1.165, 1.54) is 22.5 Å². The summed E-state index contributed by atoms with van der Waals surface area (Å²) in [5.74, 6) is -1.29. The quantitative estimate of drug-likeness (QED) is 0.239. The number of ketones is 2. The van der Waals surface area contributed by atoms with Crippen LogP contribution in [0.5, 0.6) is 11.5 Å². The van der Waals surface area contributed by atoms with Gasteiger partial charge < -0.3 is 9.84 Å². The van der Waals surface area contributed by atoms with Gasteiger partial charge in [0.05, 0.1) is 33.4 Å². The van der Waals surface area contributed by atoms with Crippen molar-refractivity contribution >= 4 is 66.0 Å². The molecule has 3 aromatic rings. The van der Waals surface area contributed by atoms with E-state index in [4.69, 9.17) is 4.74 Å². The third-order valence-electron chi connectivity index (χ3n) is 7.32. The van der Waals surface area contributed by atoms with Crippen LogP contribution in [0.1, 0.15) is 23.9 Å². The fourth-order valence-corrected chi connectivity index (χ4v) is 7.13. The molecular formula is C27H18Br2IN3O6. The van der Waals surface area contributed by atoms with E-state index >= 15 is 0 Å². The number of carbonyl (C=O) groups is 2. The summed E-state index contributed by atoms with van der Waals surface area (Å²) < 4.78 is 10.3. The van der Waals surface area contributed by atoms with Crippen molar-refractivity contribution in [2.75, 3.05) is 7.11 Å². The summed E-state index contributed by atoms with van der Waals surface area (Å²) in [6.45, 7) is 0.0991. The number of carbonyl (C=O) groups excluding carboxylic acids is 2. The van der Waals surface area contributed by atoms with Gasteiger partial charge in [-0.3, -0.25) is 9.59 Å². The minimum atomic E-state index is -0.746. The largest absolute Gasteiger partial charge is 0.503 e. The monoisotopic (exact) mass is 765 g/mol. The predicted octanol–water partition coefficient (Wildman–Crippen LogP) is 4.48. The first kappa shape index (κ1) is 26.3. The molecule has 2 atom stereocenters. The van der Waals surface area contributed by atoms with Gasteiger partial charge in [0.2, 0.25) is 0 Å². The number of nitrogens with zero attached hydrogens (tertiary/aromatic N) is 3. The van der Waals surface area contributed by atoms with Gasteiger partial charge in [-0.05, 0) is 83.8 Å². The van der Waals surface area contributed by atoms with Crippen LogP contribution in [-0.4, -0.2) is 37.7 Å². The number of rotatable bonds is 3. The maximum Gasteiger partial charge on any atom is 0.352 e. The average molecular weight is 767 g/mol. The maximum absolute atomic E-state index is 13.8. The van der Waals surface area contributed by atoms with Gasteiger partial charge in [-0.25, -0.2) is 23.5 Å². The lowest BCUT2D eigenvalue weighted by Crippen LogP contribution is -2.40. The summed E-state index contributed by atoms with van der Waals surface area (Å²) in [5, 5.41) is 10.6. The summed E-state index contributed by atoms with van der Waals surface area (Å²) in [6.07, 6.45) is 3.23. The van der Waals surface area contributed by atoms with Gasteiger partial charge in [0.1, 0.15) is 0 Å². The molecule has 3 aliphatic rings. The Balaban J connectivity index is 1.63. The van der Waals surface area contributed by atoms with Crippen LogP contribution >= 0.6 is 54.5 Å². The van der Waals surface area contributed by atoms with E-state index in [0.717, 1.165) is 4.57 Å². The van der Waals surface area contributed by atoms with Crippen molar-refractivity contribution in [2.45, 2.75) is 24.9 Å². The highest BCUT2D eigenvalue weighted by atomic mass is 127. The van der Waals surface area contributed by atoms with Crippen LogP contribution < -0.4 is 16.1 Å². The average Bonchev–Trinajstić information content (AvgIpc) is 3.20. The fourth-order valence-electron chi connectivity index (χ4n) is 5.60. The van der Waals surface area contributed by atoms with Crippen molar-refractivity contribution < 1.29 is 19.4 Å². The summed E-state index contributed by atoms with van der Waals surface area (Å²) in [7, 11) is 1.42. The highest BCUT2D eigenvalue weighted by molar-refractivity contribution is 14.1. The smallest absolute Gasteiger partial charge is 0.352 e. The molecule has 0 unspecified atom stereocenters. The lowest BCUT2D eigenvalue weighted by atomic mass is 9.69. The Morgan fingerprint density at radius 1 is 1.05 bits per heavy atom. The lowest BCUT2D eigenvalue weighted by Gasteiger charge is -2.40. The summed E-state index contributed by atoms with van der Waals surface area (Å²) in [4.78, 5) is 54.1. The van der Waals surface area contributed by atoms with Crippen molar-refractivity contribution in [2.24, 2.45) is 0 Å². The Bertz CT molecular complexity index is 1830. The molecule has 0 fully saturated rings. The minimum absolute atomic E-state index is 0.0782. The van der Waals surface area contributed by atoms with Crippen LogP contribution in [0, 0.1) is 0 Å². The second kappa shape index (κ2) is 9.59. The zero-order valence-corrected chi connectivity index (χ0v) is 25.5. The molecule has 9 nitrogen and oxygen atoms in total.